The summed E-state index contributed by atoms with van der Waals surface area (Å²) in [4.78, 5) is 0. The Morgan fingerprint density at radius 2 is 1.92 bits per heavy atom. The summed E-state index contributed by atoms with van der Waals surface area (Å²) < 4.78 is 0. The third-order valence-electron chi connectivity index (χ3n) is 3.96. The summed E-state index contributed by atoms with van der Waals surface area (Å²) in [6.45, 7) is 3.77. The van der Waals surface area contributed by atoms with Gasteiger partial charge in [0.1, 0.15) is 0 Å². The SMILES string of the molecule is CC1(CC2CCCN2)CCCCC1. The van der Waals surface area contributed by atoms with Crippen LogP contribution in [-0.4, -0.2) is 12.6 Å². The quantitative estimate of drug-likeness (QED) is 0.690. The van der Waals surface area contributed by atoms with Crippen molar-refractivity contribution in [3.63, 3.8) is 0 Å². The average molecular weight is 181 g/mol. The molecule has 1 heterocycles. The maximum atomic E-state index is 3.63. The highest BCUT2D eigenvalue weighted by Gasteiger charge is 2.30. The normalized spacial score (nSPS) is 33.5. The Morgan fingerprint density at radius 1 is 1.15 bits per heavy atom. The van der Waals surface area contributed by atoms with Gasteiger partial charge in [-0.25, -0.2) is 0 Å². The van der Waals surface area contributed by atoms with E-state index in [0.717, 1.165) is 6.04 Å². The van der Waals surface area contributed by atoms with Crippen LogP contribution in [0.1, 0.15) is 58.3 Å². The van der Waals surface area contributed by atoms with Crippen molar-refractivity contribution in [2.24, 2.45) is 5.41 Å². The summed E-state index contributed by atoms with van der Waals surface area (Å²) in [6.07, 6.45) is 11.7. The Kier molecular flexibility index (Phi) is 2.92. The van der Waals surface area contributed by atoms with E-state index in [0.29, 0.717) is 5.41 Å². The van der Waals surface area contributed by atoms with Gasteiger partial charge in [-0.05, 0) is 44.1 Å². The summed E-state index contributed by atoms with van der Waals surface area (Å²) in [5.74, 6) is 0. The molecule has 0 aromatic carbocycles. The Morgan fingerprint density at radius 3 is 2.54 bits per heavy atom. The van der Waals surface area contributed by atoms with Crippen LogP contribution in [0.2, 0.25) is 0 Å². The maximum absolute atomic E-state index is 3.63. The zero-order valence-electron chi connectivity index (χ0n) is 8.94. The van der Waals surface area contributed by atoms with E-state index in [9.17, 15) is 0 Å². The molecule has 1 unspecified atom stereocenters. The first-order valence-corrected chi connectivity index (χ1v) is 6.02. The van der Waals surface area contributed by atoms with Gasteiger partial charge in [-0.2, -0.15) is 0 Å². The Hall–Kier alpha value is -0.0400. The third kappa shape index (κ3) is 2.46. The molecule has 2 rings (SSSR count). The lowest BCUT2D eigenvalue weighted by molar-refractivity contribution is 0.179. The van der Waals surface area contributed by atoms with Gasteiger partial charge in [-0.1, -0.05) is 26.2 Å². The van der Waals surface area contributed by atoms with Gasteiger partial charge in [0.05, 0.1) is 0 Å². The summed E-state index contributed by atoms with van der Waals surface area (Å²) in [5.41, 5.74) is 0.681. The van der Waals surface area contributed by atoms with E-state index >= 15 is 0 Å². The highest BCUT2D eigenvalue weighted by molar-refractivity contribution is 4.86. The zero-order chi connectivity index (χ0) is 9.15. The van der Waals surface area contributed by atoms with Gasteiger partial charge < -0.3 is 5.32 Å². The van der Waals surface area contributed by atoms with Crippen LogP contribution >= 0.6 is 0 Å². The molecule has 0 amide bonds. The van der Waals surface area contributed by atoms with Crippen LogP contribution in [0.4, 0.5) is 0 Å². The van der Waals surface area contributed by atoms with Gasteiger partial charge in [0, 0.05) is 6.04 Å². The average Bonchev–Trinajstić information content (AvgIpc) is 2.57. The van der Waals surface area contributed by atoms with Gasteiger partial charge in [-0.15, -0.1) is 0 Å². The molecule has 1 N–H and O–H groups in total. The summed E-state index contributed by atoms with van der Waals surface area (Å²) in [7, 11) is 0. The minimum atomic E-state index is 0.681. The van der Waals surface area contributed by atoms with E-state index in [1.165, 1.54) is 57.9 Å². The van der Waals surface area contributed by atoms with E-state index < -0.39 is 0 Å². The van der Waals surface area contributed by atoms with Crippen molar-refractivity contribution in [3.05, 3.63) is 0 Å². The smallest absolute Gasteiger partial charge is 0.00727 e. The van der Waals surface area contributed by atoms with Gasteiger partial charge >= 0.3 is 0 Å². The summed E-state index contributed by atoms with van der Waals surface area (Å²) >= 11 is 0. The maximum Gasteiger partial charge on any atom is 0.00727 e. The molecule has 2 fully saturated rings. The molecular formula is C12H23N. The standard InChI is InChI=1S/C12H23N/c1-12(7-3-2-4-8-12)10-11-6-5-9-13-11/h11,13H,2-10H2,1H3. The van der Waals surface area contributed by atoms with Crippen LogP contribution in [0.5, 0.6) is 0 Å². The van der Waals surface area contributed by atoms with Crippen LogP contribution in [0.3, 0.4) is 0 Å². The van der Waals surface area contributed by atoms with E-state index in [1.807, 2.05) is 0 Å². The second kappa shape index (κ2) is 4.00. The first-order valence-electron chi connectivity index (χ1n) is 6.02. The molecule has 0 bridgehead atoms. The molecular weight excluding hydrogens is 158 g/mol. The molecule has 1 aliphatic heterocycles. The van der Waals surface area contributed by atoms with Crippen LogP contribution in [-0.2, 0) is 0 Å². The first-order chi connectivity index (χ1) is 6.29. The molecule has 1 atom stereocenters. The van der Waals surface area contributed by atoms with Crippen molar-refractivity contribution in [3.8, 4) is 0 Å². The van der Waals surface area contributed by atoms with Crippen molar-refractivity contribution < 1.29 is 0 Å². The van der Waals surface area contributed by atoms with Crippen molar-refractivity contribution in [2.75, 3.05) is 6.54 Å². The monoisotopic (exact) mass is 181 g/mol. The highest BCUT2D eigenvalue weighted by Crippen LogP contribution is 2.40. The first kappa shape index (κ1) is 9.51. The minimum absolute atomic E-state index is 0.681. The van der Waals surface area contributed by atoms with E-state index in [-0.39, 0.29) is 0 Å². The molecule has 0 aromatic rings. The van der Waals surface area contributed by atoms with E-state index in [2.05, 4.69) is 12.2 Å². The van der Waals surface area contributed by atoms with Crippen molar-refractivity contribution >= 4 is 0 Å². The summed E-state index contributed by atoms with van der Waals surface area (Å²) in [6, 6.07) is 0.850. The van der Waals surface area contributed by atoms with Gasteiger partial charge in [0.15, 0.2) is 0 Å². The second-order valence-electron chi connectivity index (χ2n) is 5.37. The van der Waals surface area contributed by atoms with Crippen molar-refractivity contribution in [1.29, 1.82) is 0 Å². The molecule has 76 valence electrons. The number of nitrogens with one attached hydrogen (secondary N) is 1. The van der Waals surface area contributed by atoms with Gasteiger partial charge in [-0.3, -0.25) is 0 Å². The van der Waals surface area contributed by atoms with E-state index in [1.54, 1.807) is 0 Å². The Bertz CT molecular complexity index is 153. The van der Waals surface area contributed by atoms with Crippen LogP contribution in [0.25, 0.3) is 0 Å². The predicted octanol–water partition coefficient (Wildman–Crippen LogP) is 3.10. The van der Waals surface area contributed by atoms with E-state index in [4.69, 9.17) is 0 Å². The fourth-order valence-corrected chi connectivity index (χ4v) is 3.14. The van der Waals surface area contributed by atoms with Gasteiger partial charge in [0.25, 0.3) is 0 Å². The predicted molar refractivity (Wildman–Crippen MR) is 56.8 cm³/mol. The molecule has 2 aliphatic rings. The molecule has 1 aliphatic carbocycles. The number of hydrogen-bond acceptors (Lipinski definition) is 1. The second-order valence-corrected chi connectivity index (χ2v) is 5.37. The van der Waals surface area contributed by atoms with Crippen LogP contribution in [0, 0.1) is 5.41 Å². The van der Waals surface area contributed by atoms with Crippen LogP contribution in [0.15, 0.2) is 0 Å². The topological polar surface area (TPSA) is 12.0 Å². The highest BCUT2D eigenvalue weighted by atomic mass is 14.9. The molecule has 13 heavy (non-hydrogen) atoms. The third-order valence-corrected chi connectivity index (χ3v) is 3.96. The molecule has 0 aromatic heterocycles. The fourth-order valence-electron chi connectivity index (χ4n) is 3.14. The largest absolute Gasteiger partial charge is 0.314 e. The zero-order valence-corrected chi connectivity index (χ0v) is 8.94. The molecule has 0 spiro atoms. The van der Waals surface area contributed by atoms with Crippen molar-refractivity contribution in [2.45, 2.75) is 64.3 Å². The lowest BCUT2D eigenvalue weighted by atomic mass is 9.72. The Labute approximate surface area is 82.3 Å². The fraction of sp³-hybridized carbons (Fsp3) is 1.00. The van der Waals surface area contributed by atoms with Gasteiger partial charge in [0.2, 0.25) is 0 Å². The molecule has 1 saturated heterocycles. The molecule has 1 nitrogen and oxygen atoms in total. The molecule has 1 heteroatoms. The minimum Gasteiger partial charge on any atom is -0.314 e. The number of hydrogen-bond donors (Lipinski definition) is 1. The lowest BCUT2D eigenvalue weighted by Gasteiger charge is -2.35. The van der Waals surface area contributed by atoms with Crippen molar-refractivity contribution in [1.82, 2.24) is 5.32 Å². The Balaban J connectivity index is 1.83. The lowest BCUT2D eigenvalue weighted by Crippen LogP contribution is -2.31. The van der Waals surface area contributed by atoms with Crippen LogP contribution < -0.4 is 5.32 Å². The molecule has 0 radical (unpaired) electrons. The molecule has 1 saturated carbocycles. The summed E-state index contributed by atoms with van der Waals surface area (Å²) in [5, 5.41) is 3.63. The number of rotatable bonds is 2.